The van der Waals surface area contributed by atoms with Crippen LogP contribution < -0.4 is 0 Å². The lowest BCUT2D eigenvalue weighted by Gasteiger charge is -2.11. The number of carbonyl (C=O) groups is 1. The topological polar surface area (TPSA) is 30.0 Å². The first-order valence-corrected chi connectivity index (χ1v) is 6.93. The van der Waals surface area contributed by atoms with Crippen LogP contribution in [0.2, 0.25) is 0 Å². The van der Waals surface area contributed by atoms with Crippen LogP contribution >= 0.6 is 0 Å². The summed E-state index contributed by atoms with van der Waals surface area (Å²) >= 11 is 0. The van der Waals surface area contributed by atoms with E-state index in [1.807, 2.05) is 24.3 Å². The number of pyridine rings is 1. The lowest BCUT2D eigenvalue weighted by Crippen LogP contribution is -2.07. The molecule has 116 valence electrons. The third-order valence-electron chi connectivity index (χ3n) is 3.63. The molecular formula is C18H12F3NO. The van der Waals surface area contributed by atoms with E-state index >= 15 is 0 Å². The average Bonchev–Trinajstić information content (AvgIpc) is 2.53. The van der Waals surface area contributed by atoms with Gasteiger partial charge in [0.05, 0.1) is 0 Å². The van der Waals surface area contributed by atoms with Gasteiger partial charge < -0.3 is 0 Å². The molecule has 0 bridgehead atoms. The van der Waals surface area contributed by atoms with E-state index in [9.17, 15) is 18.0 Å². The van der Waals surface area contributed by atoms with Crippen molar-refractivity contribution in [2.45, 2.75) is 13.1 Å². The fourth-order valence-electron chi connectivity index (χ4n) is 2.47. The molecule has 1 aromatic heterocycles. The number of ketones is 1. The Bertz CT molecular complexity index is 883. The number of halogens is 3. The van der Waals surface area contributed by atoms with Gasteiger partial charge in [0.15, 0.2) is 5.78 Å². The van der Waals surface area contributed by atoms with Crippen LogP contribution in [0.25, 0.3) is 21.9 Å². The maximum atomic E-state index is 12.6. The molecule has 0 atom stereocenters. The van der Waals surface area contributed by atoms with Crippen molar-refractivity contribution in [3.63, 3.8) is 0 Å². The molecule has 0 fully saturated rings. The number of hydrogen-bond donors (Lipinski definition) is 0. The predicted octanol–water partition coefficient (Wildman–Crippen LogP) is 5.12. The van der Waals surface area contributed by atoms with E-state index in [0.717, 1.165) is 16.8 Å². The van der Waals surface area contributed by atoms with E-state index in [0.29, 0.717) is 16.7 Å². The summed E-state index contributed by atoms with van der Waals surface area (Å²) in [6, 6.07) is 13.2. The van der Waals surface area contributed by atoms with Gasteiger partial charge in [-0.1, -0.05) is 30.3 Å². The van der Waals surface area contributed by atoms with Crippen molar-refractivity contribution in [3.8, 4) is 11.1 Å². The maximum Gasteiger partial charge on any atom is 0.433 e. The fourth-order valence-corrected chi connectivity index (χ4v) is 2.47. The SMILES string of the molecule is CC(=O)c1cc(-c2ccc(C(F)(F)F)nc2)c2ccccc2c1. The molecule has 23 heavy (non-hydrogen) atoms. The van der Waals surface area contributed by atoms with Gasteiger partial charge in [0.25, 0.3) is 0 Å². The normalized spacial score (nSPS) is 11.7. The highest BCUT2D eigenvalue weighted by molar-refractivity contribution is 6.04. The molecule has 0 saturated heterocycles. The van der Waals surface area contributed by atoms with Crippen LogP contribution in [0.5, 0.6) is 0 Å². The number of aromatic nitrogens is 1. The zero-order valence-electron chi connectivity index (χ0n) is 12.2. The van der Waals surface area contributed by atoms with Gasteiger partial charge >= 0.3 is 6.18 Å². The molecule has 1 heterocycles. The third-order valence-corrected chi connectivity index (χ3v) is 3.63. The van der Waals surface area contributed by atoms with Gasteiger partial charge in [0.2, 0.25) is 0 Å². The molecule has 0 amide bonds. The summed E-state index contributed by atoms with van der Waals surface area (Å²) in [5.74, 6) is -0.100. The van der Waals surface area contributed by atoms with E-state index in [2.05, 4.69) is 4.98 Å². The second-order valence-electron chi connectivity index (χ2n) is 5.23. The Morgan fingerprint density at radius 2 is 1.78 bits per heavy atom. The smallest absolute Gasteiger partial charge is 0.295 e. The highest BCUT2D eigenvalue weighted by atomic mass is 19.4. The summed E-state index contributed by atoms with van der Waals surface area (Å²) in [6.07, 6.45) is -3.28. The van der Waals surface area contributed by atoms with Gasteiger partial charge in [-0.15, -0.1) is 0 Å². The van der Waals surface area contributed by atoms with Gasteiger partial charge in [-0.05, 0) is 41.5 Å². The van der Waals surface area contributed by atoms with Crippen molar-refractivity contribution >= 4 is 16.6 Å². The Kier molecular flexibility index (Phi) is 3.64. The molecule has 2 aromatic carbocycles. The fraction of sp³-hybridized carbons (Fsp3) is 0.111. The molecule has 0 spiro atoms. The Morgan fingerprint density at radius 1 is 1.04 bits per heavy atom. The lowest BCUT2D eigenvalue weighted by molar-refractivity contribution is -0.141. The van der Waals surface area contributed by atoms with E-state index in [1.54, 1.807) is 12.1 Å². The summed E-state index contributed by atoms with van der Waals surface area (Å²) in [6.45, 7) is 1.46. The molecule has 3 aromatic rings. The van der Waals surface area contributed by atoms with Crippen molar-refractivity contribution < 1.29 is 18.0 Å². The zero-order chi connectivity index (χ0) is 16.6. The molecule has 0 unspecified atom stereocenters. The molecule has 5 heteroatoms. The van der Waals surface area contributed by atoms with Crippen molar-refractivity contribution in [2.75, 3.05) is 0 Å². The molecule has 0 saturated carbocycles. The maximum absolute atomic E-state index is 12.6. The standard InChI is InChI=1S/C18H12F3NO/c1-11(23)14-8-12-4-2-3-5-15(12)16(9-14)13-6-7-17(22-10-13)18(19,20)21/h2-10H,1H3. The number of fused-ring (bicyclic) bond motifs is 1. The van der Waals surface area contributed by atoms with Crippen LogP contribution in [0.15, 0.2) is 54.7 Å². The van der Waals surface area contributed by atoms with Gasteiger partial charge in [-0.2, -0.15) is 13.2 Å². The molecular weight excluding hydrogens is 303 g/mol. The molecule has 0 aliphatic rings. The first kappa shape index (κ1) is 15.2. The molecule has 0 radical (unpaired) electrons. The van der Waals surface area contributed by atoms with Crippen molar-refractivity contribution in [2.24, 2.45) is 0 Å². The summed E-state index contributed by atoms with van der Waals surface area (Å²) in [5.41, 5.74) is 0.804. The van der Waals surface area contributed by atoms with Gasteiger partial charge in [-0.25, -0.2) is 0 Å². The van der Waals surface area contributed by atoms with E-state index in [-0.39, 0.29) is 5.78 Å². The Labute approximate surface area is 130 Å². The minimum atomic E-state index is -4.47. The monoisotopic (exact) mass is 315 g/mol. The lowest BCUT2D eigenvalue weighted by atomic mass is 9.95. The average molecular weight is 315 g/mol. The number of carbonyl (C=O) groups excluding carboxylic acids is 1. The minimum Gasteiger partial charge on any atom is -0.295 e. The van der Waals surface area contributed by atoms with Crippen LogP contribution in [-0.2, 0) is 6.18 Å². The summed E-state index contributed by atoms with van der Waals surface area (Å²) in [5, 5.41) is 1.72. The Morgan fingerprint density at radius 3 is 2.39 bits per heavy atom. The van der Waals surface area contributed by atoms with Gasteiger partial charge in [-0.3, -0.25) is 9.78 Å². The molecule has 3 rings (SSSR count). The van der Waals surface area contributed by atoms with Gasteiger partial charge in [0.1, 0.15) is 5.69 Å². The number of rotatable bonds is 2. The van der Waals surface area contributed by atoms with E-state index in [4.69, 9.17) is 0 Å². The number of nitrogens with zero attached hydrogens (tertiary/aromatic N) is 1. The second-order valence-corrected chi connectivity index (χ2v) is 5.23. The minimum absolute atomic E-state index is 0.100. The first-order chi connectivity index (χ1) is 10.9. The predicted molar refractivity (Wildman–Crippen MR) is 82.2 cm³/mol. The van der Waals surface area contributed by atoms with Crippen molar-refractivity contribution in [3.05, 3.63) is 66.0 Å². The van der Waals surface area contributed by atoms with Crippen molar-refractivity contribution in [1.82, 2.24) is 4.98 Å². The molecule has 2 nitrogen and oxygen atoms in total. The molecule has 0 N–H and O–H groups in total. The summed E-state index contributed by atoms with van der Waals surface area (Å²) < 4.78 is 37.9. The largest absolute Gasteiger partial charge is 0.433 e. The van der Waals surface area contributed by atoms with Crippen molar-refractivity contribution in [1.29, 1.82) is 0 Å². The Balaban J connectivity index is 2.20. The third kappa shape index (κ3) is 2.95. The zero-order valence-corrected chi connectivity index (χ0v) is 12.2. The molecule has 0 aliphatic heterocycles. The summed E-state index contributed by atoms with van der Waals surface area (Å²) in [4.78, 5) is 15.2. The first-order valence-electron chi connectivity index (χ1n) is 6.93. The van der Waals surface area contributed by atoms with Crippen LogP contribution in [0.4, 0.5) is 13.2 Å². The number of benzene rings is 2. The van der Waals surface area contributed by atoms with E-state index < -0.39 is 11.9 Å². The number of hydrogen-bond acceptors (Lipinski definition) is 2. The van der Waals surface area contributed by atoms with Crippen LogP contribution in [-0.4, -0.2) is 10.8 Å². The number of alkyl halides is 3. The number of Topliss-reactive ketones (excluding diaryl/α,β-unsaturated/α-hetero) is 1. The summed E-state index contributed by atoms with van der Waals surface area (Å²) in [7, 11) is 0. The van der Waals surface area contributed by atoms with Crippen LogP contribution in [0.1, 0.15) is 23.0 Å². The van der Waals surface area contributed by atoms with Crippen LogP contribution in [0, 0.1) is 0 Å². The van der Waals surface area contributed by atoms with Crippen LogP contribution in [0.3, 0.4) is 0 Å². The quantitative estimate of drug-likeness (QED) is 0.614. The highest BCUT2D eigenvalue weighted by Crippen LogP contribution is 2.32. The van der Waals surface area contributed by atoms with Gasteiger partial charge in [0, 0.05) is 17.3 Å². The highest BCUT2D eigenvalue weighted by Gasteiger charge is 2.32. The van der Waals surface area contributed by atoms with E-state index in [1.165, 1.54) is 19.2 Å². The molecule has 0 aliphatic carbocycles. The Hall–Kier alpha value is -2.69. The second kappa shape index (κ2) is 5.50.